The van der Waals surface area contributed by atoms with Crippen molar-refractivity contribution in [1.82, 2.24) is 10.2 Å². The lowest BCUT2D eigenvalue weighted by Gasteiger charge is -2.32. The van der Waals surface area contributed by atoms with Gasteiger partial charge in [-0.05, 0) is 52.5 Å². The van der Waals surface area contributed by atoms with Gasteiger partial charge >= 0.3 is 0 Å². The Hall–Kier alpha value is -2.11. The number of piperidine rings is 1. The SMILES string of the molecule is C=CCOc1ccc(C(=O)NC2CCN(Cc3ccccc3)CC2)cc1Br. The number of carbonyl (C=O) groups is 1. The number of likely N-dealkylation sites (tertiary alicyclic amines) is 1. The van der Waals surface area contributed by atoms with Crippen LogP contribution in [0.1, 0.15) is 28.8 Å². The summed E-state index contributed by atoms with van der Waals surface area (Å²) >= 11 is 3.46. The zero-order valence-electron chi connectivity index (χ0n) is 15.4. The molecule has 5 heteroatoms. The summed E-state index contributed by atoms with van der Waals surface area (Å²) in [6.45, 7) is 7.04. The van der Waals surface area contributed by atoms with Crippen molar-refractivity contribution in [3.05, 3.63) is 76.8 Å². The monoisotopic (exact) mass is 428 g/mol. The van der Waals surface area contributed by atoms with Gasteiger partial charge in [0.2, 0.25) is 0 Å². The molecule has 3 rings (SSSR count). The Kier molecular flexibility index (Phi) is 7.07. The second-order valence-corrected chi connectivity index (χ2v) is 7.61. The van der Waals surface area contributed by atoms with Gasteiger partial charge in [-0.25, -0.2) is 0 Å². The van der Waals surface area contributed by atoms with Gasteiger partial charge in [-0.15, -0.1) is 0 Å². The summed E-state index contributed by atoms with van der Waals surface area (Å²) < 4.78 is 6.30. The molecule has 0 spiro atoms. The van der Waals surface area contributed by atoms with Gasteiger partial charge in [-0.1, -0.05) is 43.0 Å². The van der Waals surface area contributed by atoms with Gasteiger partial charge in [-0.3, -0.25) is 9.69 Å². The van der Waals surface area contributed by atoms with Gasteiger partial charge in [0.25, 0.3) is 5.91 Å². The van der Waals surface area contributed by atoms with Gasteiger partial charge in [0.1, 0.15) is 12.4 Å². The van der Waals surface area contributed by atoms with Crippen molar-refractivity contribution >= 4 is 21.8 Å². The Labute approximate surface area is 169 Å². The van der Waals surface area contributed by atoms with Gasteiger partial charge in [-0.2, -0.15) is 0 Å². The van der Waals surface area contributed by atoms with E-state index >= 15 is 0 Å². The molecule has 0 aliphatic carbocycles. The maximum atomic E-state index is 12.6. The van der Waals surface area contributed by atoms with Crippen LogP contribution >= 0.6 is 15.9 Å². The van der Waals surface area contributed by atoms with Crippen LogP contribution in [0.15, 0.2) is 65.7 Å². The van der Waals surface area contributed by atoms with Crippen molar-refractivity contribution in [2.75, 3.05) is 19.7 Å². The predicted octanol–water partition coefficient (Wildman–Crippen LogP) is 4.41. The van der Waals surface area contributed by atoms with Crippen LogP contribution in [0.3, 0.4) is 0 Å². The number of amides is 1. The predicted molar refractivity (Wildman–Crippen MR) is 112 cm³/mol. The zero-order chi connectivity index (χ0) is 19.1. The van der Waals surface area contributed by atoms with E-state index in [1.807, 2.05) is 12.1 Å². The average molecular weight is 429 g/mol. The Bertz CT molecular complexity index is 771. The van der Waals surface area contributed by atoms with E-state index in [1.54, 1.807) is 18.2 Å². The third-order valence-corrected chi connectivity index (χ3v) is 5.34. The smallest absolute Gasteiger partial charge is 0.251 e. The number of hydrogen-bond acceptors (Lipinski definition) is 3. The lowest BCUT2D eigenvalue weighted by atomic mass is 10.0. The number of nitrogens with zero attached hydrogens (tertiary/aromatic N) is 1. The summed E-state index contributed by atoms with van der Waals surface area (Å²) in [4.78, 5) is 15.0. The van der Waals surface area contributed by atoms with E-state index in [9.17, 15) is 4.79 Å². The van der Waals surface area contributed by atoms with Crippen LogP contribution in [-0.2, 0) is 6.54 Å². The van der Waals surface area contributed by atoms with Gasteiger partial charge in [0.05, 0.1) is 4.47 Å². The van der Waals surface area contributed by atoms with E-state index in [-0.39, 0.29) is 11.9 Å². The molecule has 1 fully saturated rings. The fourth-order valence-electron chi connectivity index (χ4n) is 3.25. The van der Waals surface area contributed by atoms with Crippen molar-refractivity contribution in [3.8, 4) is 5.75 Å². The molecule has 1 aliphatic heterocycles. The second kappa shape index (κ2) is 9.72. The minimum atomic E-state index is -0.0347. The molecule has 4 nitrogen and oxygen atoms in total. The van der Waals surface area contributed by atoms with E-state index in [4.69, 9.17) is 4.74 Å². The number of benzene rings is 2. The van der Waals surface area contributed by atoms with Crippen molar-refractivity contribution < 1.29 is 9.53 Å². The van der Waals surface area contributed by atoms with Crippen molar-refractivity contribution in [2.24, 2.45) is 0 Å². The van der Waals surface area contributed by atoms with E-state index in [1.165, 1.54) is 5.56 Å². The standard InChI is InChI=1S/C22H25BrN2O2/c1-2-14-27-21-9-8-18(15-20(21)23)22(26)24-19-10-12-25(13-11-19)16-17-6-4-3-5-7-17/h2-9,15,19H,1,10-14,16H2,(H,24,26). The van der Waals surface area contributed by atoms with Crippen LogP contribution in [0, 0.1) is 0 Å². The molecule has 0 atom stereocenters. The van der Waals surface area contributed by atoms with Crippen molar-refractivity contribution in [1.29, 1.82) is 0 Å². The molecule has 0 radical (unpaired) electrons. The lowest BCUT2D eigenvalue weighted by molar-refractivity contribution is 0.0909. The molecule has 27 heavy (non-hydrogen) atoms. The first kappa shape index (κ1) is 19.6. The molecule has 1 heterocycles. The quantitative estimate of drug-likeness (QED) is 0.664. The fourth-order valence-corrected chi connectivity index (χ4v) is 3.75. The Balaban J connectivity index is 1.49. The molecule has 0 bridgehead atoms. The Morgan fingerprint density at radius 2 is 1.96 bits per heavy atom. The van der Waals surface area contributed by atoms with E-state index in [0.717, 1.165) is 36.9 Å². The minimum Gasteiger partial charge on any atom is -0.488 e. The zero-order valence-corrected chi connectivity index (χ0v) is 17.0. The maximum Gasteiger partial charge on any atom is 0.251 e. The molecule has 1 saturated heterocycles. The average Bonchev–Trinajstić information content (AvgIpc) is 2.69. The molecule has 142 valence electrons. The van der Waals surface area contributed by atoms with Crippen LogP contribution in [0.4, 0.5) is 0 Å². The molecular weight excluding hydrogens is 404 g/mol. The van der Waals surface area contributed by atoms with Crippen molar-refractivity contribution in [2.45, 2.75) is 25.4 Å². The van der Waals surface area contributed by atoms with E-state index < -0.39 is 0 Å². The summed E-state index contributed by atoms with van der Waals surface area (Å²) in [5.74, 6) is 0.674. The summed E-state index contributed by atoms with van der Waals surface area (Å²) in [7, 11) is 0. The van der Waals surface area contributed by atoms with Crippen LogP contribution in [0.2, 0.25) is 0 Å². The number of rotatable bonds is 7. The highest BCUT2D eigenvalue weighted by Gasteiger charge is 2.21. The molecule has 0 aromatic heterocycles. The molecule has 2 aromatic carbocycles. The minimum absolute atomic E-state index is 0.0347. The topological polar surface area (TPSA) is 41.6 Å². The second-order valence-electron chi connectivity index (χ2n) is 6.75. The lowest BCUT2D eigenvalue weighted by Crippen LogP contribution is -2.44. The number of halogens is 1. The largest absolute Gasteiger partial charge is 0.488 e. The van der Waals surface area contributed by atoms with Crippen LogP contribution < -0.4 is 10.1 Å². The van der Waals surface area contributed by atoms with Crippen LogP contribution in [0.25, 0.3) is 0 Å². The van der Waals surface area contributed by atoms with E-state index in [2.05, 4.69) is 57.0 Å². The van der Waals surface area contributed by atoms with E-state index in [0.29, 0.717) is 17.9 Å². The molecule has 1 aliphatic rings. The maximum absolute atomic E-state index is 12.6. The molecule has 1 N–H and O–H groups in total. The first-order chi connectivity index (χ1) is 13.2. The first-order valence-corrected chi connectivity index (χ1v) is 10.1. The highest BCUT2D eigenvalue weighted by molar-refractivity contribution is 9.10. The third kappa shape index (κ3) is 5.68. The highest BCUT2D eigenvalue weighted by atomic mass is 79.9. The number of nitrogens with one attached hydrogen (secondary N) is 1. The van der Waals surface area contributed by atoms with Crippen LogP contribution in [0.5, 0.6) is 5.75 Å². The van der Waals surface area contributed by atoms with Crippen LogP contribution in [-0.4, -0.2) is 36.5 Å². The first-order valence-electron chi connectivity index (χ1n) is 9.26. The summed E-state index contributed by atoms with van der Waals surface area (Å²) in [6.07, 6.45) is 3.64. The van der Waals surface area contributed by atoms with Crippen molar-refractivity contribution in [3.63, 3.8) is 0 Å². The van der Waals surface area contributed by atoms with Gasteiger partial charge < -0.3 is 10.1 Å². The third-order valence-electron chi connectivity index (χ3n) is 4.72. The summed E-state index contributed by atoms with van der Waals surface area (Å²) in [5, 5.41) is 3.17. The Morgan fingerprint density at radius 1 is 1.22 bits per heavy atom. The number of hydrogen-bond donors (Lipinski definition) is 1. The van der Waals surface area contributed by atoms with Gasteiger partial charge in [0.15, 0.2) is 0 Å². The molecule has 0 saturated carbocycles. The molecule has 0 unspecified atom stereocenters. The fraction of sp³-hybridized carbons (Fsp3) is 0.318. The normalized spacial score (nSPS) is 15.3. The molecule has 2 aromatic rings. The van der Waals surface area contributed by atoms with Gasteiger partial charge in [0, 0.05) is 31.2 Å². The number of carbonyl (C=O) groups excluding carboxylic acids is 1. The summed E-state index contributed by atoms with van der Waals surface area (Å²) in [5.41, 5.74) is 1.98. The highest BCUT2D eigenvalue weighted by Crippen LogP contribution is 2.26. The number of ether oxygens (including phenoxy) is 1. The molecule has 1 amide bonds. The Morgan fingerprint density at radius 3 is 2.63 bits per heavy atom. The summed E-state index contributed by atoms with van der Waals surface area (Å²) in [6, 6.07) is 16.2. The molecular formula is C22H25BrN2O2.